The molecule has 0 fully saturated rings. The van der Waals surface area contributed by atoms with E-state index in [1.54, 1.807) is 0 Å². The maximum atomic E-state index is 5.70. The van der Waals surface area contributed by atoms with Crippen molar-refractivity contribution in [1.29, 1.82) is 0 Å². The van der Waals surface area contributed by atoms with Gasteiger partial charge in [-0.25, -0.2) is 0 Å². The zero-order chi connectivity index (χ0) is 10.6. The molecule has 0 rings (SSSR count). The molecule has 0 aliphatic heterocycles. The van der Waals surface area contributed by atoms with E-state index in [1.807, 2.05) is 0 Å². The molecule has 2 heteroatoms. The van der Waals surface area contributed by atoms with E-state index in [-0.39, 0.29) is 0 Å². The third-order valence-electron chi connectivity index (χ3n) is 2.51. The van der Waals surface area contributed by atoms with Crippen LogP contribution < -0.4 is 0 Å². The molecule has 0 saturated heterocycles. The van der Waals surface area contributed by atoms with Crippen LogP contribution in [0.3, 0.4) is 0 Å². The zero-order valence-corrected chi connectivity index (χ0v) is 11.5. The molecular weight excluding hydrogens is 211 g/mol. The molecular formula is C12H26ClP. The smallest absolute Gasteiger partial charge is 0.0223 e. The van der Waals surface area contributed by atoms with Crippen molar-refractivity contribution in [2.45, 2.75) is 52.4 Å². The molecule has 0 N–H and O–H groups in total. The molecule has 0 bridgehead atoms. The Hall–Kier alpha value is 0.720. The lowest BCUT2D eigenvalue weighted by molar-refractivity contribution is 0.849. The van der Waals surface area contributed by atoms with Crippen LogP contribution in [0.1, 0.15) is 52.4 Å². The highest BCUT2D eigenvalue weighted by Gasteiger charge is 2.05. The molecule has 0 radical (unpaired) electrons. The van der Waals surface area contributed by atoms with Gasteiger partial charge in [0.1, 0.15) is 0 Å². The van der Waals surface area contributed by atoms with E-state index < -0.39 is 0 Å². The van der Waals surface area contributed by atoms with Crippen LogP contribution in [0.4, 0.5) is 0 Å². The number of halogens is 1. The summed E-state index contributed by atoms with van der Waals surface area (Å²) in [6.45, 7) is 4.60. The molecule has 0 aliphatic carbocycles. The topological polar surface area (TPSA) is 0 Å². The minimum absolute atomic E-state index is 0.357. The summed E-state index contributed by atoms with van der Waals surface area (Å²) in [5.74, 6) is 0.852. The summed E-state index contributed by atoms with van der Waals surface area (Å²) >= 11 is 5.70. The molecule has 14 heavy (non-hydrogen) atoms. The highest BCUT2D eigenvalue weighted by molar-refractivity contribution is 7.57. The molecule has 0 aromatic rings. The fourth-order valence-corrected chi connectivity index (χ4v) is 4.59. The first-order chi connectivity index (χ1) is 6.85. The maximum absolute atomic E-state index is 5.70. The summed E-state index contributed by atoms with van der Waals surface area (Å²) in [4.78, 5) is 0. The summed E-state index contributed by atoms with van der Waals surface area (Å²) < 4.78 is 0. The molecule has 0 nitrogen and oxygen atoms in total. The number of alkyl halides is 1. The minimum Gasteiger partial charge on any atom is -0.127 e. The Kier molecular flexibility index (Phi) is 12.4. The third-order valence-corrected chi connectivity index (χ3v) is 5.63. The van der Waals surface area contributed by atoms with Gasteiger partial charge in [-0.15, -0.1) is 19.5 Å². The van der Waals surface area contributed by atoms with Crippen LogP contribution in [-0.2, 0) is 0 Å². The van der Waals surface area contributed by atoms with Crippen LogP contribution in [-0.4, -0.2) is 24.4 Å². The van der Waals surface area contributed by atoms with Crippen LogP contribution in [0.25, 0.3) is 0 Å². The quantitative estimate of drug-likeness (QED) is 0.282. The average molecular weight is 237 g/mol. The highest BCUT2D eigenvalue weighted by Crippen LogP contribution is 2.38. The van der Waals surface area contributed by atoms with Crippen molar-refractivity contribution in [3.8, 4) is 0 Å². The molecule has 0 spiro atoms. The first-order valence-electron chi connectivity index (χ1n) is 6.13. The molecule has 0 unspecified atom stereocenters. The van der Waals surface area contributed by atoms with Gasteiger partial charge in [0, 0.05) is 5.88 Å². The van der Waals surface area contributed by atoms with Gasteiger partial charge in [-0.3, -0.25) is 0 Å². The van der Waals surface area contributed by atoms with Gasteiger partial charge in [0.2, 0.25) is 0 Å². The SMILES string of the molecule is CCCCP(CCCC)CCCCCl. The fraction of sp³-hybridized carbons (Fsp3) is 1.00. The number of hydrogen-bond donors (Lipinski definition) is 0. The van der Waals surface area contributed by atoms with Gasteiger partial charge in [0.15, 0.2) is 0 Å². The highest BCUT2D eigenvalue weighted by atomic mass is 35.5. The van der Waals surface area contributed by atoms with Gasteiger partial charge in [0.25, 0.3) is 0 Å². The summed E-state index contributed by atoms with van der Waals surface area (Å²) in [5, 5.41) is 0. The Morgan fingerprint density at radius 1 is 0.786 bits per heavy atom. The first-order valence-corrected chi connectivity index (χ1v) is 8.56. The van der Waals surface area contributed by atoms with Crippen molar-refractivity contribution in [3.63, 3.8) is 0 Å². The molecule has 0 heterocycles. The van der Waals surface area contributed by atoms with E-state index in [0.717, 1.165) is 5.88 Å². The van der Waals surface area contributed by atoms with E-state index in [9.17, 15) is 0 Å². The Bertz CT molecular complexity index is 98.5. The second-order valence-electron chi connectivity index (χ2n) is 3.94. The molecule has 0 aromatic heterocycles. The molecule has 0 saturated carbocycles. The lowest BCUT2D eigenvalue weighted by Crippen LogP contribution is -1.96. The predicted octanol–water partition coefficient (Wildman–Crippen LogP) is 5.09. The van der Waals surface area contributed by atoms with Crippen LogP contribution >= 0.6 is 19.5 Å². The van der Waals surface area contributed by atoms with Crippen LogP contribution in [0.2, 0.25) is 0 Å². The normalized spacial score (nSPS) is 11.1. The van der Waals surface area contributed by atoms with Crippen LogP contribution in [0.15, 0.2) is 0 Å². The summed E-state index contributed by atoms with van der Waals surface area (Å²) in [6, 6.07) is 0. The molecule has 0 aromatic carbocycles. The monoisotopic (exact) mass is 236 g/mol. The van der Waals surface area contributed by atoms with E-state index in [4.69, 9.17) is 11.6 Å². The van der Waals surface area contributed by atoms with Crippen molar-refractivity contribution in [2.24, 2.45) is 0 Å². The van der Waals surface area contributed by atoms with Crippen molar-refractivity contribution in [2.75, 3.05) is 24.4 Å². The van der Waals surface area contributed by atoms with Crippen molar-refractivity contribution in [1.82, 2.24) is 0 Å². The van der Waals surface area contributed by atoms with Gasteiger partial charge >= 0.3 is 0 Å². The lowest BCUT2D eigenvalue weighted by Gasteiger charge is -2.16. The van der Waals surface area contributed by atoms with Gasteiger partial charge in [-0.05, 0) is 44.2 Å². The zero-order valence-electron chi connectivity index (χ0n) is 9.90. The molecule has 0 aliphatic rings. The van der Waals surface area contributed by atoms with E-state index in [1.165, 1.54) is 57.0 Å². The summed E-state index contributed by atoms with van der Waals surface area (Å²) in [6.07, 6.45) is 12.7. The van der Waals surface area contributed by atoms with Crippen LogP contribution in [0.5, 0.6) is 0 Å². The van der Waals surface area contributed by atoms with Gasteiger partial charge in [-0.2, -0.15) is 0 Å². The largest absolute Gasteiger partial charge is 0.127 e. The molecule has 0 amide bonds. The first kappa shape index (κ1) is 14.7. The summed E-state index contributed by atoms with van der Waals surface area (Å²) in [5.41, 5.74) is 0. The van der Waals surface area contributed by atoms with E-state index in [0.29, 0.717) is 7.92 Å². The lowest BCUT2D eigenvalue weighted by atomic mass is 10.4. The maximum Gasteiger partial charge on any atom is 0.0223 e. The number of hydrogen-bond acceptors (Lipinski definition) is 0. The van der Waals surface area contributed by atoms with Gasteiger partial charge in [0.05, 0.1) is 0 Å². The Labute approximate surface area is 96.6 Å². The molecule has 86 valence electrons. The molecule has 0 atom stereocenters. The Morgan fingerprint density at radius 3 is 1.71 bits per heavy atom. The van der Waals surface area contributed by atoms with Crippen molar-refractivity contribution in [3.05, 3.63) is 0 Å². The van der Waals surface area contributed by atoms with Crippen LogP contribution in [0, 0.1) is 0 Å². The third kappa shape index (κ3) is 9.28. The van der Waals surface area contributed by atoms with E-state index in [2.05, 4.69) is 13.8 Å². The minimum atomic E-state index is 0.357. The van der Waals surface area contributed by atoms with E-state index >= 15 is 0 Å². The predicted molar refractivity (Wildman–Crippen MR) is 71.3 cm³/mol. The number of unbranched alkanes of at least 4 members (excludes halogenated alkanes) is 3. The average Bonchev–Trinajstić information content (AvgIpc) is 2.21. The standard InChI is InChI=1S/C12H26ClP/c1-3-5-10-14(11-6-4-2)12-8-7-9-13/h3-12H2,1-2H3. The Balaban J connectivity index is 3.49. The number of rotatable bonds is 10. The summed E-state index contributed by atoms with van der Waals surface area (Å²) in [7, 11) is 0.357. The second kappa shape index (κ2) is 11.8. The van der Waals surface area contributed by atoms with Gasteiger partial charge < -0.3 is 0 Å². The van der Waals surface area contributed by atoms with Gasteiger partial charge in [-0.1, -0.05) is 26.7 Å². The second-order valence-corrected chi connectivity index (χ2v) is 7.01. The fourth-order valence-electron chi connectivity index (χ4n) is 1.53. The Morgan fingerprint density at radius 2 is 1.29 bits per heavy atom. The van der Waals surface area contributed by atoms with Crippen molar-refractivity contribution < 1.29 is 0 Å². The van der Waals surface area contributed by atoms with Crippen molar-refractivity contribution >= 4 is 19.5 Å².